The summed E-state index contributed by atoms with van der Waals surface area (Å²) in [6.45, 7) is 0.0325. The van der Waals surface area contributed by atoms with Crippen LogP contribution in [0.3, 0.4) is 0 Å². The molecule has 4 rings (SSSR count). The number of amides is 1. The van der Waals surface area contributed by atoms with Crippen LogP contribution in [0.15, 0.2) is 102 Å². The molecule has 0 fully saturated rings. The summed E-state index contributed by atoms with van der Waals surface area (Å²) in [4.78, 5) is 14.4. The van der Waals surface area contributed by atoms with E-state index in [1.165, 1.54) is 59.5 Å². The molecular formula is C27H20F3NO4S. The number of nitrogens with zero attached hydrogens (tertiary/aromatic N) is 1. The maximum atomic E-state index is 14.4. The zero-order chi connectivity index (χ0) is 25.7. The van der Waals surface area contributed by atoms with Gasteiger partial charge in [-0.05, 0) is 71.8 Å². The fraction of sp³-hybridized carbons (Fsp3) is 0.0741. The molecular weight excluding hydrogens is 491 g/mol. The van der Waals surface area contributed by atoms with E-state index in [1.807, 2.05) is 0 Å². The van der Waals surface area contributed by atoms with E-state index in [0.29, 0.717) is 11.1 Å². The molecule has 0 saturated heterocycles. The van der Waals surface area contributed by atoms with Crippen molar-refractivity contribution in [2.75, 3.05) is 0 Å². The molecule has 1 amide bonds. The van der Waals surface area contributed by atoms with Gasteiger partial charge in [0.2, 0.25) is 0 Å². The Hall–Kier alpha value is -4.11. The van der Waals surface area contributed by atoms with Crippen LogP contribution in [-0.2, 0) is 23.2 Å². The van der Waals surface area contributed by atoms with Gasteiger partial charge in [-0.1, -0.05) is 36.4 Å². The highest BCUT2D eigenvalue weighted by Gasteiger charge is 2.21. The van der Waals surface area contributed by atoms with Crippen LogP contribution in [0.4, 0.5) is 13.2 Å². The van der Waals surface area contributed by atoms with Crippen molar-refractivity contribution in [1.29, 1.82) is 0 Å². The number of hydrogen-bond donors (Lipinski definition) is 0. The Kier molecular flexibility index (Phi) is 7.40. The van der Waals surface area contributed by atoms with E-state index in [9.17, 15) is 26.4 Å². The maximum absolute atomic E-state index is 14.4. The van der Waals surface area contributed by atoms with Gasteiger partial charge in [0.15, 0.2) is 0 Å². The SMILES string of the molecule is O=C(c1ccccc1F)N(Cc1ccc(F)cc1)Cc1cccc(OS(=O)(=O)c2ccc(F)cc2)c1. The smallest absolute Gasteiger partial charge is 0.339 e. The quantitative estimate of drug-likeness (QED) is 0.284. The average molecular weight is 512 g/mol. The summed E-state index contributed by atoms with van der Waals surface area (Å²) in [5.74, 6) is -2.32. The highest BCUT2D eigenvalue weighted by molar-refractivity contribution is 7.87. The van der Waals surface area contributed by atoms with Crippen LogP contribution in [0.1, 0.15) is 21.5 Å². The van der Waals surface area contributed by atoms with E-state index in [2.05, 4.69) is 0 Å². The molecule has 0 unspecified atom stereocenters. The molecule has 0 atom stereocenters. The second kappa shape index (κ2) is 10.7. The van der Waals surface area contributed by atoms with Crippen molar-refractivity contribution in [2.24, 2.45) is 0 Å². The van der Waals surface area contributed by atoms with Crippen LogP contribution in [0.25, 0.3) is 0 Å². The summed E-state index contributed by atoms with van der Waals surface area (Å²) in [5.41, 5.74) is 0.992. The van der Waals surface area contributed by atoms with Gasteiger partial charge in [0.1, 0.15) is 28.1 Å². The molecule has 0 spiro atoms. The monoisotopic (exact) mass is 511 g/mol. The van der Waals surface area contributed by atoms with Crippen LogP contribution >= 0.6 is 0 Å². The molecule has 0 aliphatic carbocycles. The minimum absolute atomic E-state index is 0.0155. The minimum atomic E-state index is -4.23. The number of benzene rings is 4. The summed E-state index contributed by atoms with van der Waals surface area (Å²) in [5, 5.41) is 0. The maximum Gasteiger partial charge on any atom is 0.339 e. The first-order valence-electron chi connectivity index (χ1n) is 10.8. The molecule has 0 aromatic heterocycles. The van der Waals surface area contributed by atoms with Crippen molar-refractivity contribution in [3.8, 4) is 5.75 Å². The molecule has 0 heterocycles. The molecule has 0 radical (unpaired) electrons. The molecule has 36 heavy (non-hydrogen) atoms. The van der Waals surface area contributed by atoms with Crippen molar-refractivity contribution in [1.82, 2.24) is 4.90 Å². The molecule has 0 saturated carbocycles. The first kappa shape index (κ1) is 25.0. The minimum Gasteiger partial charge on any atom is -0.379 e. The van der Waals surface area contributed by atoms with Gasteiger partial charge in [-0.2, -0.15) is 8.42 Å². The lowest BCUT2D eigenvalue weighted by atomic mass is 10.1. The van der Waals surface area contributed by atoms with Crippen molar-refractivity contribution < 1.29 is 30.6 Å². The van der Waals surface area contributed by atoms with E-state index >= 15 is 0 Å². The molecule has 5 nitrogen and oxygen atoms in total. The molecule has 184 valence electrons. The fourth-order valence-corrected chi connectivity index (χ4v) is 4.43. The van der Waals surface area contributed by atoms with Crippen LogP contribution < -0.4 is 4.18 Å². The Morgan fingerprint density at radius 3 is 2.00 bits per heavy atom. The number of carbonyl (C=O) groups excluding carboxylic acids is 1. The standard InChI is InChI=1S/C27H20F3NO4S/c28-21-10-8-19(9-11-21)17-31(27(32)25-6-1-2-7-26(25)30)18-20-4-3-5-23(16-20)35-36(33,34)24-14-12-22(29)13-15-24/h1-16H,17-18H2. The van der Waals surface area contributed by atoms with Crippen LogP contribution in [0.5, 0.6) is 5.75 Å². The van der Waals surface area contributed by atoms with E-state index in [1.54, 1.807) is 18.2 Å². The Balaban J connectivity index is 1.60. The summed E-state index contributed by atoms with van der Waals surface area (Å²) >= 11 is 0. The molecule has 4 aromatic rings. The Morgan fingerprint density at radius 2 is 1.33 bits per heavy atom. The van der Waals surface area contributed by atoms with E-state index in [-0.39, 0.29) is 29.3 Å². The second-order valence-electron chi connectivity index (χ2n) is 7.91. The second-order valence-corrected chi connectivity index (χ2v) is 9.45. The van der Waals surface area contributed by atoms with Gasteiger partial charge >= 0.3 is 10.1 Å². The van der Waals surface area contributed by atoms with Crippen molar-refractivity contribution >= 4 is 16.0 Å². The van der Waals surface area contributed by atoms with Gasteiger partial charge in [-0.15, -0.1) is 0 Å². The Bertz CT molecular complexity index is 1470. The largest absolute Gasteiger partial charge is 0.379 e. The normalized spacial score (nSPS) is 11.2. The Labute approximate surface area is 206 Å². The number of rotatable bonds is 8. The molecule has 4 aromatic carbocycles. The molecule has 0 aliphatic heterocycles. The summed E-state index contributed by atoms with van der Waals surface area (Å²) in [6, 6.07) is 21.4. The van der Waals surface area contributed by atoms with Gasteiger partial charge in [0.25, 0.3) is 5.91 Å². The molecule has 0 aliphatic rings. The first-order chi connectivity index (χ1) is 17.2. The van der Waals surface area contributed by atoms with E-state index < -0.39 is 33.5 Å². The van der Waals surface area contributed by atoms with Gasteiger partial charge in [0.05, 0.1) is 5.56 Å². The summed E-state index contributed by atoms with van der Waals surface area (Å²) in [6.07, 6.45) is 0. The zero-order valence-electron chi connectivity index (χ0n) is 18.8. The molecule has 0 bridgehead atoms. The predicted octanol–water partition coefficient (Wildman–Crippen LogP) is 5.71. The van der Waals surface area contributed by atoms with Crippen LogP contribution in [0.2, 0.25) is 0 Å². The van der Waals surface area contributed by atoms with Crippen molar-refractivity contribution in [3.63, 3.8) is 0 Å². The zero-order valence-corrected chi connectivity index (χ0v) is 19.6. The van der Waals surface area contributed by atoms with Gasteiger partial charge in [0, 0.05) is 13.1 Å². The van der Waals surface area contributed by atoms with Crippen LogP contribution in [-0.4, -0.2) is 19.2 Å². The highest BCUT2D eigenvalue weighted by atomic mass is 32.2. The summed E-state index contributed by atoms with van der Waals surface area (Å²) in [7, 11) is -4.23. The lowest BCUT2D eigenvalue weighted by Gasteiger charge is -2.24. The topological polar surface area (TPSA) is 63.7 Å². The molecule has 0 N–H and O–H groups in total. The van der Waals surface area contributed by atoms with Crippen molar-refractivity contribution in [2.45, 2.75) is 18.0 Å². The number of carbonyl (C=O) groups is 1. The Morgan fingerprint density at radius 1 is 0.722 bits per heavy atom. The lowest BCUT2D eigenvalue weighted by molar-refractivity contribution is 0.0725. The number of hydrogen-bond acceptors (Lipinski definition) is 4. The van der Waals surface area contributed by atoms with E-state index in [0.717, 1.165) is 24.3 Å². The van der Waals surface area contributed by atoms with Crippen LogP contribution in [0, 0.1) is 17.5 Å². The third-order valence-electron chi connectivity index (χ3n) is 5.26. The predicted molar refractivity (Wildman–Crippen MR) is 127 cm³/mol. The van der Waals surface area contributed by atoms with Gasteiger partial charge in [-0.25, -0.2) is 13.2 Å². The first-order valence-corrected chi connectivity index (χ1v) is 12.2. The molecule has 9 heteroatoms. The average Bonchev–Trinajstić information content (AvgIpc) is 2.85. The van der Waals surface area contributed by atoms with Gasteiger partial charge in [-0.3, -0.25) is 4.79 Å². The third-order valence-corrected chi connectivity index (χ3v) is 6.52. The fourth-order valence-electron chi connectivity index (χ4n) is 3.51. The van der Waals surface area contributed by atoms with Crippen molar-refractivity contribution in [3.05, 3.63) is 131 Å². The third kappa shape index (κ3) is 6.11. The highest BCUT2D eigenvalue weighted by Crippen LogP contribution is 2.23. The number of halogens is 3. The van der Waals surface area contributed by atoms with Gasteiger partial charge < -0.3 is 9.08 Å². The van der Waals surface area contributed by atoms with E-state index in [4.69, 9.17) is 4.18 Å². The lowest BCUT2D eigenvalue weighted by Crippen LogP contribution is -2.30. The summed E-state index contributed by atoms with van der Waals surface area (Å²) < 4.78 is 71.2.